The lowest BCUT2D eigenvalue weighted by atomic mass is 10.1. The molecule has 1 fully saturated rings. The molecule has 0 aromatic heterocycles. The molecule has 0 radical (unpaired) electrons. The van der Waals surface area contributed by atoms with E-state index in [-0.39, 0.29) is 12.5 Å². The van der Waals surface area contributed by atoms with Crippen LogP contribution in [0, 0.1) is 0 Å². The molecule has 1 aliphatic heterocycles. The molecular formula is C13H16N2O3. The fourth-order valence-electron chi connectivity index (χ4n) is 2.02. The lowest BCUT2D eigenvalue weighted by Crippen LogP contribution is -2.57. The molecule has 1 aliphatic rings. The van der Waals surface area contributed by atoms with Crippen LogP contribution in [0.4, 0.5) is 5.69 Å². The van der Waals surface area contributed by atoms with Crippen molar-refractivity contribution >= 4 is 17.6 Å². The molecule has 2 N–H and O–H groups in total. The van der Waals surface area contributed by atoms with Gasteiger partial charge in [0.15, 0.2) is 0 Å². The van der Waals surface area contributed by atoms with Crippen molar-refractivity contribution in [1.82, 2.24) is 5.32 Å². The van der Waals surface area contributed by atoms with Crippen LogP contribution in [-0.4, -0.2) is 36.1 Å². The number of carboxylic acid groups (broad SMARTS) is 1. The maximum Gasteiger partial charge on any atom is 0.328 e. The van der Waals surface area contributed by atoms with Gasteiger partial charge in [-0.25, -0.2) is 4.79 Å². The van der Waals surface area contributed by atoms with Gasteiger partial charge in [0.25, 0.3) is 0 Å². The van der Waals surface area contributed by atoms with Crippen LogP contribution in [0.2, 0.25) is 0 Å². The van der Waals surface area contributed by atoms with Gasteiger partial charge >= 0.3 is 5.97 Å². The number of carboxylic acids is 1. The minimum absolute atomic E-state index is 0.204. The summed E-state index contributed by atoms with van der Waals surface area (Å²) in [6.45, 7) is 2.58. The number of amides is 1. The number of carbonyl (C=O) groups excluding carboxylic acids is 1. The summed E-state index contributed by atoms with van der Waals surface area (Å²) in [6.07, 6.45) is 0.957. The number of rotatable bonds is 3. The molecule has 5 nitrogen and oxygen atoms in total. The van der Waals surface area contributed by atoms with Crippen LogP contribution in [-0.2, 0) is 16.0 Å². The predicted molar refractivity (Wildman–Crippen MR) is 67.6 cm³/mol. The summed E-state index contributed by atoms with van der Waals surface area (Å²) in [7, 11) is 0. The molecule has 0 saturated carbocycles. The van der Waals surface area contributed by atoms with Gasteiger partial charge in [0.2, 0.25) is 5.91 Å². The zero-order valence-corrected chi connectivity index (χ0v) is 10.2. The normalized spacial score (nSPS) is 19.5. The highest BCUT2D eigenvalue weighted by molar-refractivity contribution is 5.89. The average molecular weight is 248 g/mol. The van der Waals surface area contributed by atoms with Gasteiger partial charge in [-0.3, -0.25) is 4.79 Å². The Bertz CT molecular complexity index is 456. The summed E-state index contributed by atoms with van der Waals surface area (Å²) in [4.78, 5) is 24.2. The first kappa shape index (κ1) is 12.4. The van der Waals surface area contributed by atoms with E-state index < -0.39 is 12.0 Å². The number of nitrogens with zero attached hydrogens (tertiary/aromatic N) is 1. The van der Waals surface area contributed by atoms with E-state index in [4.69, 9.17) is 5.11 Å². The van der Waals surface area contributed by atoms with Crippen molar-refractivity contribution in [3.63, 3.8) is 0 Å². The Morgan fingerprint density at radius 1 is 1.44 bits per heavy atom. The third kappa shape index (κ3) is 2.61. The Hall–Kier alpha value is -2.04. The Morgan fingerprint density at radius 2 is 2.11 bits per heavy atom. The molecule has 1 aromatic rings. The summed E-state index contributed by atoms with van der Waals surface area (Å²) in [5, 5.41) is 11.4. The molecule has 0 spiro atoms. The van der Waals surface area contributed by atoms with E-state index in [2.05, 4.69) is 12.2 Å². The van der Waals surface area contributed by atoms with E-state index in [1.807, 2.05) is 24.3 Å². The second kappa shape index (κ2) is 5.08. The van der Waals surface area contributed by atoms with Gasteiger partial charge in [0.1, 0.15) is 6.04 Å². The topological polar surface area (TPSA) is 69.6 Å². The van der Waals surface area contributed by atoms with Crippen LogP contribution in [0.25, 0.3) is 0 Å². The first-order valence-corrected chi connectivity index (χ1v) is 5.96. The molecule has 1 aromatic carbocycles. The Kier molecular flexibility index (Phi) is 3.50. The fraction of sp³-hybridized carbons (Fsp3) is 0.385. The highest BCUT2D eigenvalue weighted by atomic mass is 16.4. The molecule has 1 amide bonds. The summed E-state index contributed by atoms with van der Waals surface area (Å²) < 4.78 is 0. The van der Waals surface area contributed by atoms with E-state index in [1.54, 1.807) is 4.90 Å². The molecule has 2 rings (SSSR count). The molecule has 1 unspecified atom stereocenters. The SMILES string of the molecule is CCc1ccc(N2CC(=O)NC(C(=O)O)C2)cc1. The zero-order chi connectivity index (χ0) is 13.1. The number of aliphatic carboxylic acids is 1. The van der Waals surface area contributed by atoms with Crippen molar-refractivity contribution in [3.8, 4) is 0 Å². The molecule has 1 atom stereocenters. The van der Waals surface area contributed by atoms with Crippen molar-refractivity contribution in [2.45, 2.75) is 19.4 Å². The highest BCUT2D eigenvalue weighted by Gasteiger charge is 2.29. The number of benzene rings is 1. The molecule has 1 heterocycles. The van der Waals surface area contributed by atoms with Crippen molar-refractivity contribution in [2.24, 2.45) is 0 Å². The molecule has 0 bridgehead atoms. The van der Waals surface area contributed by atoms with E-state index in [0.717, 1.165) is 12.1 Å². The Balaban J connectivity index is 2.15. The Morgan fingerprint density at radius 3 is 2.67 bits per heavy atom. The van der Waals surface area contributed by atoms with Crippen LogP contribution in [0.3, 0.4) is 0 Å². The number of aryl methyl sites for hydroxylation is 1. The largest absolute Gasteiger partial charge is 0.480 e. The summed E-state index contributed by atoms with van der Waals surface area (Å²) in [5.41, 5.74) is 2.10. The number of anilines is 1. The number of hydrogen-bond donors (Lipinski definition) is 2. The molecule has 96 valence electrons. The molecule has 0 aliphatic carbocycles. The van der Waals surface area contributed by atoms with Crippen LogP contribution in [0.1, 0.15) is 12.5 Å². The summed E-state index contributed by atoms with van der Waals surface area (Å²) in [6, 6.07) is 7.01. The van der Waals surface area contributed by atoms with E-state index in [0.29, 0.717) is 6.54 Å². The van der Waals surface area contributed by atoms with Crippen LogP contribution in [0.5, 0.6) is 0 Å². The van der Waals surface area contributed by atoms with Crippen molar-refractivity contribution in [1.29, 1.82) is 0 Å². The molecule has 18 heavy (non-hydrogen) atoms. The Labute approximate surface area is 105 Å². The lowest BCUT2D eigenvalue weighted by Gasteiger charge is -2.32. The minimum atomic E-state index is -1.00. The van der Waals surface area contributed by atoms with Gasteiger partial charge in [-0.05, 0) is 24.1 Å². The maximum atomic E-state index is 11.5. The quantitative estimate of drug-likeness (QED) is 0.823. The van der Waals surface area contributed by atoms with E-state index >= 15 is 0 Å². The number of piperazine rings is 1. The van der Waals surface area contributed by atoms with Gasteiger partial charge in [-0.2, -0.15) is 0 Å². The fourth-order valence-corrected chi connectivity index (χ4v) is 2.02. The third-order valence-corrected chi connectivity index (χ3v) is 3.08. The standard InChI is InChI=1S/C13H16N2O3/c1-2-9-3-5-10(6-4-9)15-7-11(13(17)18)14-12(16)8-15/h3-6,11H,2,7-8H2,1H3,(H,14,16)(H,17,18). The van der Waals surface area contributed by atoms with Gasteiger partial charge in [-0.1, -0.05) is 19.1 Å². The second-order valence-electron chi connectivity index (χ2n) is 4.36. The van der Waals surface area contributed by atoms with Crippen molar-refractivity contribution < 1.29 is 14.7 Å². The van der Waals surface area contributed by atoms with Gasteiger partial charge in [-0.15, -0.1) is 0 Å². The van der Waals surface area contributed by atoms with Crippen LogP contribution < -0.4 is 10.2 Å². The van der Waals surface area contributed by atoms with Gasteiger partial charge < -0.3 is 15.3 Å². The lowest BCUT2D eigenvalue weighted by molar-refractivity contribution is -0.142. The van der Waals surface area contributed by atoms with Gasteiger partial charge in [0, 0.05) is 12.2 Å². The van der Waals surface area contributed by atoms with Crippen LogP contribution in [0.15, 0.2) is 24.3 Å². The van der Waals surface area contributed by atoms with E-state index in [9.17, 15) is 9.59 Å². The van der Waals surface area contributed by atoms with E-state index in [1.165, 1.54) is 5.56 Å². The maximum absolute atomic E-state index is 11.5. The smallest absolute Gasteiger partial charge is 0.328 e. The minimum Gasteiger partial charge on any atom is -0.480 e. The zero-order valence-electron chi connectivity index (χ0n) is 10.2. The second-order valence-corrected chi connectivity index (χ2v) is 4.36. The number of carbonyl (C=O) groups is 2. The van der Waals surface area contributed by atoms with Crippen LogP contribution >= 0.6 is 0 Å². The van der Waals surface area contributed by atoms with Crippen molar-refractivity contribution in [3.05, 3.63) is 29.8 Å². The summed E-state index contributed by atoms with van der Waals surface area (Å²) >= 11 is 0. The number of hydrogen-bond acceptors (Lipinski definition) is 3. The average Bonchev–Trinajstić information content (AvgIpc) is 2.38. The first-order valence-electron chi connectivity index (χ1n) is 5.96. The first-order chi connectivity index (χ1) is 8.60. The number of nitrogens with one attached hydrogen (secondary N) is 1. The van der Waals surface area contributed by atoms with Gasteiger partial charge in [0.05, 0.1) is 6.54 Å². The highest BCUT2D eigenvalue weighted by Crippen LogP contribution is 2.17. The van der Waals surface area contributed by atoms with Crippen molar-refractivity contribution in [2.75, 3.05) is 18.0 Å². The third-order valence-electron chi connectivity index (χ3n) is 3.08. The predicted octanol–water partition coefficient (Wildman–Crippen LogP) is 0.638. The molecular weight excluding hydrogens is 232 g/mol. The molecule has 5 heteroatoms. The monoisotopic (exact) mass is 248 g/mol. The summed E-state index contributed by atoms with van der Waals surface area (Å²) in [5.74, 6) is -1.26. The molecule has 1 saturated heterocycles.